The SMILES string of the molecule is Nc1n[nH]c(-c2nc(C3CSCCO3)no2)n1. The monoisotopic (exact) mass is 254 g/mol. The summed E-state index contributed by atoms with van der Waals surface area (Å²) in [5, 5.41) is 10.2. The van der Waals surface area contributed by atoms with Crippen molar-refractivity contribution in [2.75, 3.05) is 23.8 Å². The van der Waals surface area contributed by atoms with Crippen molar-refractivity contribution in [2.24, 2.45) is 0 Å². The Hall–Kier alpha value is -1.61. The highest BCUT2D eigenvalue weighted by Crippen LogP contribution is 2.25. The predicted molar refractivity (Wildman–Crippen MR) is 60.1 cm³/mol. The third kappa shape index (κ3) is 2.11. The molecule has 3 heterocycles. The van der Waals surface area contributed by atoms with Gasteiger partial charge in [0, 0.05) is 11.5 Å². The zero-order valence-corrected chi connectivity index (χ0v) is 9.61. The van der Waals surface area contributed by atoms with Crippen molar-refractivity contribution in [3.63, 3.8) is 0 Å². The molecule has 1 aliphatic heterocycles. The van der Waals surface area contributed by atoms with Crippen molar-refractivity contribution in [1.82, 2.24) is 25.3 Å². The van der Waals surface area contributed by atoms with E-state index in [0.717, 1.165) is 11.5 Å². The van der Waals surface area contributed by atoms with Crippen molar-refractivity contribution in [3.8, 4) is 11.7 Å². The molecule has 17 heavy (non-hydrogen) atoms. The lowest BCUT2D eigenvalue weighted by Crippen LogP contribution is -2.16. The van der Waals surface area contributed by atoms with E-state index in [0.29, 0.717) is 18.3 Å². The first-order valence-corrected chi connectivity index (χ1v) is 6.19. The Labute approximate surface area is 100 Å². The van der Waals surface area contributed by atoms with Gasteiger partial charge in [0.05, 0.1) is 6.61 Å². The predicted octanol–water partition coefficient (Wildman–Crippen LogP) is 0.241. The fraction of sp³-hybridized carbons (Fsp3) is 0.500. The molecule has 1 aliphatic rings. The van der Waals surface area contributed by atoms with Gasteiger partial charge in [-0.3, -0.25) is 5.10 Å². The molecule has 0 spiro atoms. The quantitative estimate of drug-likeness (QED) is 0.783. The van der Waals surface area contributed by atoms with Gasteiger partial charge in [0.2, 0.25) is 17.6 Å². The summed E-state index contributed by atoms with van der Waals surface area (Å²) in [6.45, 7) is 0.703. The summed E-state index contributed by atoms with van der Waals surface area (Å²) >= 11 is 1.80. The van der Waals surface area contributed by atoms with Crippen molar-refractivity contribution in [2.45, 2.75) is 6.10 Å². The van der Waals surface area contributed by atoms with Gasteiger partial charge in [-0.1, -0.05) is 5.16 Å². The van der Waals surface area contributed by atoms with Crippen molar-refractivity contribution in [3.05, 3.63) is 5.82 Å². The van der Waals surface area contributed by atoms with Crippen LogP contribution in [0.4, 0.5) is 5.95 Å². The van der Waals surface area contributed by atoms with Crippen LogP contribution in [0.3, 0.4) is 0 Å². The summed E-state index contributed by atoms with van der Waals surface area (Å²) < 4.78 is 10.6. The summed E-state index contributed by atoms with van der Waals surface area (Å²) in [7, 11) is 0. The van der Waals surface area contributed by atoms with Gasteiger partial charge in [0.25, 0.3) is 5.89 Å². The van der Waals surface area contributed by atoms with E-state index in [4.69, 9.17) is 15.0 Å². The molecule has 2 aromatic rings. The van der Waals surface area contributed by atoms with Crippen LogP contribution in [-0.4, -0.2) is 43.4 Å². The number of aromatic nitrogens is 5. The van der Waals surface area contributed by atoms with Gasteiger partial charge in [-0.05, 0) is 0 Å². The van der Waals surface area contributed by atoms with Crippen LogP contribution in [0, 0.1) is 0 Å². The number of rotatable bonds is 2. The van der Waals surface area contributed by atoms with Gasteiger partial charge in [-0.15, -0.1) is 5.10 Å². The van der Waals surface area contributed by atoms with E-state index in [1.54, 1.807) is 11.8 Å². The average Bonchev–Trinajstić information content (AvgIpc) is 2.98. The van der Waals surface area contributed by atoms with Gasteiger partial charge in [0.15, 0.2) is 0 Å². The number of nitrogen functional groups attached to an aromatic ring is 1. The van der Waals surface area contributed by atoms with Gasteiger partial charge in [0.1, 0.15) is 6.10 Å². The number of nitrogens with zero attached hydrogens (tertiary/aromatic N) is 4. The Bertz CT molecular complexity index is 506. The van der Waals surface area contributed by atoms with E-state index >= 15 is 0 Å². The van der Waals surface area contributed by atoms with Gasteiger partial charge in [-0.2, -0.15) is 21.7 Å². The van der Waals surface area contributed by atoms with Crippen LogP contribution in [0.25, 0.3) is 11.7 Å². The van der Waals surface area contributed by atoms with Crippen molar-refractivity contribution in [1.29, 1.82) is 0 Å². The lowest BCUT2D eigenvalue weighted by molar-refractivity contribution is 0.0677. The highest BCUT2D eigenvalue weighted by atomic mass is 32.2. The Kier molecular flexibility index (Phi) is 2.69. The number of anilines is 1. The number of aromatic amines is 1. The first-order chi connectivity index (χ1) is 8.33. The minimum absolute atomic E-state index is 0.119. The Morgan fingerprint density at radius 3 is 3.06 bits per heavy atom. The minimum Gasteiger partial charge on any atom is -0.368 e. The largest absolute Gasteiger partial charge is 0.368 e. The van der Waals surface area contributed by atoms with E-state index in [1.807, 2.05) is 0 Å². The lowest BCUT2D eigenvalue weighted by Gasteiger charge is -2.18. The molecular weight excluding hydrogens is 244 g/mol. The Morgan fingerprint density at radius 1 is 1.41 bits per heavy atom. The molecule has 1 fully saturated rings. The smallest absolute Gasteiger partial charge is 0.295 e. The highest BCUT2D eigenvalue weighted by Gasteiger charge is 2.23. The maximum Gasteiger partial charge on any atom is 0.295 e. The normalized spacial score (nSPS) is 20.6. The maximum atomic E-state index is 5.54. The summed E-state index contributed by atoms with van der Waals surface area (Å²) in [4.78, 5) is 8.12. The number of nitrogens with one attached hydrogen (secondary N) is 1. The minimum atomic E-state index is -0.119. The summed E-state index contributed by atoms with van der Waals surface area (Å²) in [6.07, 6.45) is -0.119. The van der Waals surface area contributed by atoms with E-state index in [9.17, 15) is 0 Å². The first kappa shape index (κ1) is 10.5. The van der Waals surface area contributed by atoms with E-state index < -0.39 is 0 Å². The Morgan fingerprint density at radius 2 is 2.35 bits per heavy atom. The second-order valence-electron chi connectivity index (χ2n) is 3.43. The summed E-state index contributed by atoms with van der Waals surface area (Å²) in [5.41, 5.74) is 5.39. The standard InChI is InChI=1S/C8H10N6O2S/c9-8-11-6(12-13-8)7-10-5(14-16-7)4-3-17-2-1-15-4/h4H,1-3H2,(H3,9,11,12,13). The van der Waals surface area contributed by atoms with E-state index in [1.165, 1.54) is 0 Å². The molecule has 8 nitrogen and oxygen atoms in total. The van der Waals surface area contributed by atoms with Crippen LogP contribution in [-0.2, 0) is 4.74 Å². The average molecular weight is 254 g/mol. The number of H-pyrrole nitrogens is 1. The molecule has 0 amide bonds. The molecular formula is C8H10N6O2S. The van der Waals surface area contributed by atoms with Crippen LogP contribution in [0.5, 0.6) is 0 Å². The number of hydrogen-bond acceptors (Lipinski definition) is 8. The summed E-state index contributed by atoms with van der Waals surface area (Å²) in [5.74, 6) is 3.14. The zero-order chi connectivity index (χ0) is 11.7. The molecule has 0 aliphatic carbocycles. The molecule has 0 radical (unpaired) electrons. The van der Waals surface area contributed by atoms with E-state index in [2.05, 4.69) is 25.3 Å². The van der Waals surface area contributed by atoms with Crippen molar-refractivity contribution >= 4 is 17.7 Å². The highest BCUT2D eigenvalue weighted by molar-refractivity contribution is 7.99. The second kappa shape index (κ2) is 4.34. The Balaban J connectivity index is 1.82. The number of hydrogen-bond donors (Lipinski definition) is 2. The molecule has 1 saturated heterocycles. The summed E-state index contributed by atoms with van der Waals surface area (Å²) in [6, 6.07) is 0. The number of nitrogens with two attached hydrogens (primary N) is 1. The van der Waals surface area contributed by atoms with Crippen LogP contribution >= 0.6 is 11.8 Å². The van der Waals surface area contributed by atoms with Gasteiger partial charge >= 0.3 is 0 Å². The molecule has 1 atom stereocenters. The number of thioether (sulfide) groups is 1. The maximum absolute atomic E-state index is 5.54. The van der Waals surface area contributed by atoms with Crippen molar-refractivity contribution < 1.29 is 9.26 Å². The van der Waals surface area contributed by atoms with Crippen LogP contribution in [0.1, 0.15) is 11.9 Å². The fourth-order valence-corrected chi connectivity index (χ4v) is 2.31. The third-order valence-corrected chi connectivity index (χ3v) is 3.24. The molecule has 3 N–H and O–H groups in total. The first-order valence-electron chi connectivity index (χ1n) is 5.04. The second-order valence-corrected chi connectivity index (χ2v) is 4.58. The molecule has 0 bridgehead atoms. The molecule has 9 heteroatoms. The molecule has 0 saturated carbocycles. The molecule has 2 aromatic heterocycles. The van der Waals surface area contributed by atoms with E-state index in [-0.39, 0.29) is 17.9 Å². The fourth-order valence-electron chi connectivity index (χ4n) is 1.47. The molecule has 3 rings (SSSR count). The molecule has 90 valence electrons. The lowest BCUT2D eigenvalue weighted by atomic mass is 10.4. The number of ether oxygens (including phenoxy) is 1. The third-order valence-electron chi connectivity index (χ3n) is 2.25. The molecule has 1 unspecified atom stereocenters. The van der Waals surface area contributed by atoms with Crippen LogP contribution < -0.4 is 5.73 Å². The van der Waals surface area contributed by atoms with Gasteiger partial charge in [-0.25, -0.2) is 0 Å². The van der Waals surface area contributed by atoms with Crippen LogP contribution in [0.15, 0.2) is 4.52 Å². The molecule has 0 aromatic carbocycles. The van der Waals surface area contributed by atoms with Crippen LogP contribution in [0.2, 0.25) is 0 Å². The zero-order valence-electron chi connectivity index (χ0n) is 8.79. The topological polar surface area (TPSA) is 116 Å². The van der Waals surface area contributed by atoms with Gasteiger partial charge < -0.3 is 15.0 Å².